The van der Waals surface area contributed by atoms with E-state index in [1.54, 1.807) is 12.3 Å². The van der Waals surface area contributed by atoms with Crippen molar-refractivity contribution in [1.29, 1.82) is 0 Å². The van der Waals surface area contributed by atoms with Gasteiger partial charge >= 0.3 is 0 Å². The smallest absolute Gasteiger partial charge is 0.194 e. The third-order valence-corrected chi connectivity index (χ3v) is 4.28. The van der Waals surface area contributed by atoms with Crippen LogP contribution in [0.15, 0.2) is 34.9 Å². The van der Waals surface area contributed by atoms with E-state index in [2.05, 4.69) is 14.5 Å². The Labute approximate surface area is 132 Å². The lowest BCUT2D eigenvalue weighted by Gasteiger charge is -2.23. The van der Waals surface area contributed by atoms with Crippen LogP contribution in [0.2, 0.25) is 5.22 Å². The topological polar surface area (TPSA) is 53.1 Å². The van der Waals surface area contributed by atoms with Crippen LogP contribution in [0, 0.1) is 5.92 Å². The average molecular weight is 318 g/mol. The number of furan rings is 1. The van der Waals surface area contributed by atoms with E-state index in [0.29, 0.717) is 16.9 Å². The van der Waals surface area contributed by atoms with Gasteiger partial charge in [0.05, 0.1) is 0 Å². The van der Waals surface area contributed by atoms with E-state index < -0.39 is 0 Å². The summed E-state index contributed by atoms with van der Waals surface area (Å²) in [6.45, 7) is 2.52. The highest BCUT2D eigenvalue weighted by Crippen LogP contribution is 2.29. The van der Waals surface area contributed by atoms with Gasteiger partial charge in [-0.2, -0.15) is 0 Å². The Balaban J connectivity index is 1.79. The standard InChI is InChI=1S/C16H16ClN3O2/c17-14-4-3-13(22-14)16-19-12-2-1-7-18-15(12)20(16)10-11-5-8-21-9-6-11/h1-4,7,11H,5-6,8-10H2. The second-order valence-corrected chi connectivity index (χ2v) is 5.92. The average Bonchev–Trinajstić information content (AvgIpc) is 3.13. The normalized spacial score (nSPS) is 16.4. The molecule has 5 nitrogen and oxygen atoms in total. The summed E-state index contributed by atoms with van der Waals surface area (Å²) in [6, 6.07) is 7.45. The fourth-order valence-corrected chi connectivity index (χ4v) is 3.09. The summed E-state index contributed by atoms with van der Waals surface area (Å²) < 4.78 is 13.1. The molecule has 0 unspecified atom stereocenters. The van der Waals surface area contributed by atoms with E-state index in [-0.39, 0.29) is 0 Å². The number of fused-ring (bicyclic) bond motifs is 1. The van der Waals surface area contributed by atoms with Gasteiger partial charge in [-0.3, -0.25) is 0 Å². The van der Waals surface area contributed by atoms with Gasteiger partial charge in [0.15, 0.2) is 22.5 Å². The van der Waals surface area contributed by atoms with Gasteiger partial charge in [-0.15, -0.1) is 0 Å². The molecule has 22 heavy (non-hydrogen) atoms. The number of nitrogens with zero attached hydrogens (tertiary/aromatic N) is 3. The van der Waals surface area contributed by atoms with Crippen molar-refractivity contribution in [2.24, 2.45) is 5.92 Å². The lowest BCUT2D eigenvalue weighted by atomic mass is 10.0. The van der Waals surface area contributed by atoms with Gasteiger partial charge in [0.2, 0.25) is 0 Å². The second-order valence-electron chi connectivity index (χ2n) is 5.55. The molecule has 4 rings (SSSR count). The lowest BCUT2D eigenvalue weighted by molar-refractivity contribution is 0.0616. The number of hydrogen-bond acceptors (Lipinski definition) is 4. The minimum atomic E-state index is 0.368. The molecule has 0 amide bonds. The molecule has 1 aliphatic heterocycles. The number of ether oxygens (including phenoxy) is 1. The third kappa shape index (κ3) is 2.51. The van der Waals surface area contributed by atoms with Crippen LogP contribution in [0.5, 0.6) is 0 Å². The molecular weight excluding hydrogens is 302 g/mol. The first kappa shape index (κ1) is 13.8. The van der Waals surface area contributed by atoms with Crippen LogP contribution in [0.3, 0.4) is 0 Å². The SMILES string of the molecule is Clc1ccc(-c2nc3cccnc3n2CC2CCOCC2)o1. The number of imidazole rings is 1. The first-order valence-corrected chi connectivity index (χ1v) is 7.84. The minimum Gasteiger partial charge on any atom is -0.441 e. The summed E-state index contributed by atoms with van der Waals surface area (Å²) in [6.07, 6.45) is 3.92. The van der Waals surface area contributed by atoms with Crippen molar-refractivity contribution in [1.82, 2.24) is 14.5 Å². The fraction of sp³-hybridized carbons (Fsp3) is 0.375. The number of halogens is 1. The van der Waals surface area contributed by atoms with Crippen LogP contribution >= 0.6 is 11.6 Å². The molecule has 1 aliphatic rings. The number of hydrogen-bond donors (Lipinski definition) is 0. The van der Waals surface area contributed by atoms with Gasteiger partial charge in [0.1, 0.15) is 5.52 Å². The Morgan fingerprint density at radius 1 is 1.23 bits per heavy atom. The number of pyridine rings is 1. The highest BCUT2D eigenvalue weighted by atomic mass is 35.5. The highest BCUT2D eigenvalue weighted by molar-refractivity contribution is 6.28. The van der Waals surface area contributed by atoms with E-state index in [0.717, 1.165) is 49.6 Å². The summed E-state index contributed by atoms with van der Waals surface area (Å²) in [5.41, 5.74) is 1.76. The lowest BCUT2D eigenvalue weighted by Crippen LogP contribution is -2.20. The quantitative estimate of drug-likeness (QED) is 0.738. The van der Waals surface area contributed by atoms with Crippen LogP contribution < -0.4 is 0 Å². The molecule has 0 N–H and O–H groups in total. The molecular formula is C16H16ClN3O2. The molecule has 0 radical (unpaired) electrons. The van der Waals surface area contributed by atoms with E-state index in [9.17, 15) is 0 Å². The van der Waals surface area contributed by atoms with Crippen LogP contribution in [0.25, 0.3) is 22.7 Å². The Morgan fingerprint density at radius 3 is 2.86 bits per heavy atom. The molecule has 1 fully saturated rings. The molecule has 0 bridgehead atoms. The molecule has 0 saturated carbocycles. The van der Waals surface area contributed by atoms with Crippen molar-refractivity contribution in [3.05, 3.63) is 35.7 Å². The molecule has 0 atom stereocenters. The fourth-order valence-electron chi connectivity index (χ4n) is 2.94. The van der Waals surface area contributed by atoms with Crippen LogP contribution in [0.1, 0.15) is 12.8 Å². The van der Waals surface area contributed by atoms with Crippen LogP contribution in [-0.2, 0) is 11.3 Å². The monoisotopic (exact) mass is 317 g/mol. The Morgan fingerprint density at radius 2 is 2.09 bits per heavy atom. The largest absolute Gasteiger partial charge is 0.441 e. The Kier molecular flexibility index (Phi) is 3.60. The van der Waals surface area contributed by atoms with E-state index in [1.165, 1.54) is 0 Å². The Hall–Kier alpha value is -1.85. The van der Waals surface area contributed by atoms with E-state index in [4.69, 9.17) is 20.8 Å². The van der Waals surface area contributed by atoms with Crippen molar-refractivity contribution in [3.8, 4) is 11.6 Å². The first-order valence-electron chi connectivity index (χ1n) is 7.46. The van der Waals surface area contributed by atoms with Crippen molar-refractivity contribution in [2.75, 3.05) is 13.2 Å². The predicted molar refractivity (Wildman–Crippen MR) is 83.8 cm³/mol. The maximum absolute atomic E-state index is 5.92. The Bertz CT molecular complexity index is 790. The first-order chi connectivity index (χ1) is 10.8. The molecule has 1 saturated heterocycles. The molecule has 0 aromatic carbocycles. The summed E-state index contributed by atoms with van der Waals surface area (Å²) in [7, 11) is 0. The van der Waals surface area contributed by atoms with Crippen LogP contribution in [-0.4, -0.2) is 27.7 Å². The van der Waals surface area contributed by atoms with Gasteiger partial charge in [-0.1, -0.05) is 0 Å². The number of rotatable bonds is 3. The zero-order valence-electron chi connectivity index (χ0n) is 12.0. The highest BCUT2D eigenvalue weighted by Gasteiger charge is 2.21. The predicted octanol–water partition coefficient (Wildman–Crippen LogP) is 3.77. The maximum Gasteiger partial charge on any atom is 0.194 e. The van der Waals surface area contributed by atoms with Gasteiger partial charge in [-0.05, 0) is 54.6 Å². The number of aromatic nitrogens is 3. The van der Waals surface area contributed by atoms with Gasteiger partial charge in [-0.25, -0.2) is 9.97 Å². The molecule has 0 spiro atoms. The summed E-state index contributed by atoms with van der Waals surface area (Å²) >= 11 is 5.92. The molecule has 3 aromatic rings. The zero-order valence-corrected chi connectivity index (χ0v) is 12.8. The van der Waals surface area contributed by atoms with E-state index >= 15 is 0 Å². The van der Waals surface area contributed by atoms with Crippen molar-refractivity contribution in [3.63, 3.8) is 0 Å². The van der Waals surface area contributed by atoms with Crippen molar-refractivity contribution in [2.45, 2.75) is 19.4 Å². The summed E-state index contributed by atoms with van der Waals surface area (Å²) in [4.78, 5) is 9.17. The summed E-state index contributed by atoms with van der Waals surface area (Å²) in [5, 5.41) is 0.368. The second kappa shape index (κ2) is 5.74. The maximum atomic E-state index is 5.92. The minimum absolute atomic E-state index is 0.368. The van der Waals surface area contributed by atoms with Crippen molar-refractivity contribution >= 4 is 22.8 Å². The molecule has 0 aliphatic carbocycles. The van der Waals surface area contributed by atoms with Gasteiger partial charge < -0.3 is 13.7 Å². The van der Waals surface area contributed by atoms with Crippen molar-refractivity contribution < 1.29 is 9.15 Å². The van der Waals surface area contributed by atoms with Crippen LogP contribution in [0.4, 0.5) is 0 Å². The molecule has 114 valence electrons. The molecule has 6 heteroatoms. The van der Waals surface area contributed by atoms with Gasteiger partial charge in [0, 0.05) is 26.0 Å². The molecule has 3 aromatic heterocycles. The molecule has 4 heterocycles. The third-order valence-electron chi connectivity index (χ3n) is 4.08. The summed E-state index contributed by atoms with van der Waals surface area (Å²) in [5.74, 6) is 2.03. The zero-order chi connectivity index (χ0) is 14.9. The van der Waals surface area contributed by atoms with E-state index in [1.807, 2.05) is 18.2 Å². The van der Waals surface area contributed by atoms with Gasteiger partial charge in [0.25, 0.3) is 0 Å².